The second-order valence-electron chi connectivity index (χ2n) is 6.09. The summed E-state index contributed by atoms with van der Waals surface area (Å²) in [6.45, 7) is 0. The fourth-order valence-electron chi connectivity index (χ4n) is 3.42. The zero-order chi connectivity index (χ0) is 16.9. The summed E-state index contributed by atoms with van der Waals surface area (Å²) < 4.78 is 0. The van der Waals surface area contributed by atoms with Crippen molar-refractivity contribution in [1.29, 1.82) is 0 Å². The van der Waals surface area contributed by atoms with Crippen molar-refractivity contribution in [2.24, 2.45) is 0 Å². The summed E-state index contributed by atoms with van der Waals surface area (Å²) in [5.74, 6) is -1.44. The van der Waals surface area contributed by atoms with E-state index < -0.39 is 11.9 Å². The molecule has 2 aromatic carbocycles. The molecule has 0 bridgehead atoms. The van der Waals surface area contributed by atoms with Crippen LogP contribution in [0.3, 0.4) is 0 Å². The maximum absolute atomic E-state index is 13.2. The van der Waals surface area contributed by atoms with Crippen LogP contribution in [-0.4, -0.2) is 16.9 Å². The standard InChI is InChI=1S/C21H20O3/c22-20(16-11-5-2-6-12-16)19(15-9-3-1-4-10-15)17-13-7-8-14-18(17)21(23)24/h1-6,9-12,19H,7-8,13-14H2,(H,23,24). The Morgan fingerprint density at radius 3 is 2.04 bits per heavy atom. The maximum atomic E-state index is 13.2. The van der Waals surface area contributed by atoms with Crippen LogP contribution in [0.15, 0.2) is 71.8 Å². The number of allylic oxidation sites excluding steroid dienone is 1. The van der Waals surface area contributed by atoms with Gasteiger partial charge in [0, 0.05) is 11.1 Å². The van der Waals surface area contributed by atoms with E-state index >= 15 is 0 Å². The van der Waals surface area contributed by atoms with Gasteiger partial charge in [0.25, 0.3) is 0 Å². The van der Waals surface area contributed by atoms with E-state index in [1.165, 1.54) is 0 Å². The van der Waals surface area contributed by atoms with Gasteiger partial charge in [0.1, 0.15) is 0 Å². The zero-order valence-electron chi connectivity index (χ0n) is 13.4. The lowest BCUT2D eigenvalue weighted by Gasteiger charge is -2.25. The quantitative estimate of drug-likeness (QED) is 0.819. The second-order valence-corrected chi connectivity index (χ2v) is 6.09. The largest absolute Gasteiger partial charge is 0.478 e. The molecular weight excluding hydrogens is 300 g/mol. The minimum absolute atomic E-state index is 0.0301. The number of hydrogen-bond acceptors (Lipinski definition) is 2. The normalized spacial score (nSPS) is 15.8. The van der Waals surface area contributed by atoms with Gasteiger partial charge in [-0.1, -0.05) is 60.7 Å². The number of rotatable bonds is 5. The van der Waals surface area contributed by atoms with Crippen LogP contribution in [0.2, 0.25) is 0 Å². The van der Waals surface area contributed by atoms with E-state index in [2.05, 4.69) is 0 Å². The number of carboxylic acids is 1. The first-order valence-electron chi connectivity index (χ1n) is 8.28. The number of carbonyl (C=O) groups is 2. The van der Waals surface area contributed by atoms with E-state index in [1.807, 2.05) is 48.5 Å². The van der Waals surface area contributed by atoms with Crippen molar-refractivity contribution in [3.63, 3.8) is 0 Å². The van der Waals surface area contributed by atoms with E-state index in [9.17, 15) is 14.7 Å². The topological polar surface area (TPSA) is 54.4 Å². The number of carboxylic acid groups (broad SMARTS) is 1. The average molecular weight is 320 g/mol. The molecule has 0 fully saturated rings. The van der Waals surface area contributed by atoms with E-state index in [-0.39, 0.29) is 5.78 Å². The highest BCUT2D eigenvalue weighted by Gasteiger charge is 2.31. The molecule has 0 spiro atoms. The minimum Gasteiger partial charge on any atom is -0.478 e. The summed E-state index contributed by atoms with van der Waals surface area (Å²) in [4.78, 5) is 24.9. The Morgan fingerprint density at radius 2 is 1.42 bits per heavy atom. The van der Waals surface area contributed by atoms with E-state index in [0.29, 0.717) is 24.0 Å². The third-order valence-corrected chi connectivity index (χ3v) is 4.57. The van der Waals surface area contributed by atoms with Gasteiger partial charge in [-0.15, -0.1) is 0 Å². The van der Waals surface area contributed by atoms with Gasteiger partial charge < -0.3 is 5.11 Å². The summed E-state index contributed by atoms with van der Waals surface area (Å²) >= 11 is 0. The monoisotopic (exact) mass is 320 g/mol. The van der Waals surface area contributed by atoms with Gasteiger partial charge in [0.15, 0.2) is 5.78 Å². The highest BCUT2D eigenvalue weighted by molar-refractivity contribution is 6.04. The lowest BCUT2D eigenvalue weighted by atomic mass is 9.77. The van der Waals surface area contributed by atoms with Crippen LogP contribution >= 0.6 is 0 Å². The lowest BCUT2D eigenvalue weighted by molar-refractivity contribution is -0.133. The molecule has 1 atom stereocenters. The Hall–Kier alpha value is -2.68. The Morgan fingerprint density at radius 1 is 0.833 bits per heavy atom. The highest BCUT2D eigenvalue weighted by Crippen LogP contribution is 2.38. The van der Waals surface area contributed by atoms with Crippen LogP contribution in [0.1, 0.15) is 47.5 Å². The number of hydrogen-bond donors (Lipinski definition) is 1. The SMILES string of the molecule is O=C(O)C1=C(C(C(=O)c2ccccc2)c2ccccc2)CCCC1. The van der Waals surface area contributed by atoms with Crippen molar-refractivity contribution >= 4 is 11.8 Å². The van der Waals surface area contributed by atoms with E-state index in [4.69, 9.17) is 0 Å². The fraction of sp³-hybridized carbons (Fsp3) is 0.238. The van der Waals surface area contributed by atoms with Crippen LogP contribution in [0, 0.1) is 0 Å². The Labute approximate surface area is 141 Å². The molecule has 3 rings (SSSR count). The van der Waals surface area contributed by atoms with E-state index in [0.717, 1.165) is 24.0 Å². The summed E-state index contributed by atoms with van der Waals surface area (Å²) in [6.07, 6.45) is 3.00. The summed E-state index contributed by atoms with van der Waals surface area (Å²) in [7, 11) is 0. The molecule has 0 saturated carbocycles. The predicted molar refractivity (Wildman–Crippen MR) is 93.1 cm³/mol. The number of ketones is 1. The molecule has 1 N–H and O–H groups in total. The molecule has 0 amide bonds. The molecule has 3 nitrogen and oxygen atoms in total. The molecule has 3 heteroatoms. The molecule has 24 heavy (non-hydrogen) atoms. The van der Waals surface area contributed by atoms with Crippen LogP contribution in [-0.2, 0) is 4.79 Å². The zero-order valence-corrected chi connectivity index (χ0v) is 13.4. The first kappa shape index (κ1) is 16.2. The predicted octanol–water partition coefficient (Wildman–Crippen LogP) is 4.61. The Kier molecular flexibility index (Phi) is 4.90. The van der Waals surface area contributed by atoms with Crippen molar-refractivity contribution in [3.05, 3.63) is 82.9 Å². The molecule has 1 aliphatic carbocycles. The molecule has 0 saturated heterocycles. The molecule has 0 aliphatic heterocycles. The Balaban J connectivity index is 2.12. The molecule has 0 radical (unpaired) electrons. The summed E-state index contributed by atoms with van der Waals surface area (Å²) in [6, 6.07) is 18.6. The van der Waals surface area contributed by atoms with Crippen LogP contribution < -0.4 is 0 Å². The number of carbonyl (C=O) groups excluding carboxylic acids is 1. The van der Waals surface area contributed by atoms with Gasteiger partial charge in [-0.25, -0.2) is 4.79 Å². The van der Waals surface area contributed by atoms with Crippen molar-refractivity contribution in [2.45, 2.75) is 31.6 Å². The highest BCUT2D eigenvalue weighted by atomic mass is 16.4. The molecule has 2 aromatic rings. The van der Waals surface area contributed by atoms with Gasteiger partial charge in [0.2, 0.25) is 0 Å². The Bertz CT molecular complexity index is 760. The van der Waals surface area contributed by atoms with Crippen LogP contribution in [0.4, 0.5) is 0 Å². The van der Waals surface area contributed by atoms with Crippen molar-refractivity contribution < 1.29 is 14.7 Å². The van der Waals surface area contributed by atoms with Gasteiger partial charge in [-0.05, 0) is 36.8 Å². The number of aliphatic carboxylic acids is 1. The van der Waals surface area contributed by atoms with E-state index in [1.54, 1.807) is 12.1 Å². The van der Waals surface area contributed by atoms with Gasteiger partial charge in [-0.2, -0.15) is 0 Å². The van der Waals surface area contributed by atoms with Crippen molar-refractivity contribution in [3.8, 4) is 0 Å². The first-order valence-corrected chi connectivity index (χ1v) is 8.28. The molecule has 1 aliphatic rings. The van der Waals surface area contributed by atoms with Gasteiger partial charge >= 0.3 is 5.97 Å². The maximum Gasteiger partial charge on any atom is 0.331 e. The first-order chi connectivity index (χ1) is 11.7. The molecule has 1 unspecified atom stereocenters. The van der Waals surface area contributed by atoms with Crippen molar-refractivity contribution in [1.82, 2.24) is 0 Å². The van der Waals surface area contributed by atoms with Crippen LogP contribution in [0.25, 0.3) is 0 Å². The molecule has 0 aromatic heterocycles. The van der Waals surface area contributed by atoms with Crippen molar-refractivity contribution in [2.75, 3.05) is 0 Å². The molecule has 0 heterocycles. The van der Waals surface area contributed by atoms with Crippen LogP contribution in [0.5, 0.6) is 0 Å². The number of benzene rings is 2. The minimum atomic E-state index is -0.897. The second kappa shape index (κ2) is 7.26. The fourth-order valence-corrected chi connectivity index (χ4v) is 3.42. The smallest absolute Gasteiger partial charge is 0.331 e. The number of Topliss-reactive ketones (excluding diaryl/α,β-unsaturated/α-hetero) is 1. The third kappa shape index (κ3) is 3.30. The summed E-state index contributed by atoms with van der Waals surface area (Å²) in [5, 5.41) is 9.59. The molecule has 122 valence electrons. The average Bonchev–Trinajstić information content (AvgIpc) is 2.64. The van der Waals surface area contributed by atoms with Gasteiger partial charge in [-0.3, -0.25) is 4.79 Å². The third-order valence-electron chi connectivity index (χ3n) is 4.57. The lowest BCUT2D eigenvalue weighted by Crippen LogP contribution is -2.21. The summed E-state index contributed by atoms with van der Waals surface area (Å²) in [5.41, 5.74) is 2.67. The van der Waals surface area contributed by atoms with Gasteiger partial charge in [0.05, 0.1) is 5.92 Å². The molecular formula is C21H20O3.